The normalized spacial score (nSPS) is 15.0. The number of hydrogen-bond acceptors (Lipinski definition) is 6. The number of anilines is 1. The highest BCUT2D eigenvalue weighted by Gasteiger charge is 2.21. The predicted molar refractivity (Wildman–Crippen MR) is 144 cm³/mol. The molecular formula is C28H22ClFN6O2. The zero-order valence-electron chi connectivity index (χ0n) is 20.3. The summed E-state index contributed by atoms with van der Waals surface area (Å²) in [5, 5.41) is 23.5. The van der Waals surface area contributed by atoms with Crippen LogP contribution in [0.1, 0.15) is 0 Å². The molecule has 0 spiro atoms. The van der Waals surface area contributed by atoms with E-state index in [9.17, 15) is 14.3 Å². The van der Waals surface area contributed by atoms with Crippen LogP contribution in [0.2, 0.25) is 5.02 Å². The van der Waals surface area contributed by atoms with Crippen LogP contribution in [0.25, 0.3) is 27.9 Å². The number of halogens is 2. The molecule has 1 aliphatic rings. The van der Waals surface area contributed by atoms with E-state index in [0.717, 1.165) is 0 Å². The predicted octanol–water partition coefficient (Wildman–Crippen LogP) is 3.71. The van der Waals surface area contributed by atoms with Gasteiger partial charge in [0.1, 0.15) is 17.4 Å². The second-order valence-corrected chi connectivity index (χ2v) is 9.22. The number of nitrogens with one attached hydrogen (secondary N) is 1. The zero-order chi connectivity index (χ0) is 26.8. The lowest BCUT2D eigenvalue weighted by Gasteiger charge is -2.32. The van der Waals surface area contributed by atoms with Gasteiger partial charge in [0.15, 0.2) is 6.07 Å². The van der Waals surface area contributed by atoms with E-state index in [1.165, 1.54) is 21.3 Å². The summed E-state index contributed by atoms with van der Waals surface area (Å²) in [4.78, 5) is 18.8. The van der Waals surface area contributed by atoms with Crippen molar-refractivity contribution in [2.75, 3.05) is 24.5 Å². The third kappa shape index (κ3) is 4.85. The van der Waals surface area contributed by atoms with Gasteiger partial charge in [-0.05, 0) is 47.5 Å². The van der Waals surface area contributed by atoms with Gasteiger partial charge in [-0.25, -0.2) is 14.2 Å². The van der Waals surface area contributed by atoms with E-state index in [1.807, 2.05) is 11.0 Å². The lowest BCUT2D eigenvalue weighted by molar-refractivity contribution is 0.477. The summed E-state index contributed by atoms with van der Waals surface area (Å²) in [6.07, 6.45) is 4.84. The van der Waals surface area contributed by atoms with E-state index in [2.05, 4.69) is 22.1 Å². The van der Waals surface area contributed by atoms with Crippen molar-refractivity contribution in [3.05, 3.63) is 82.4 Å². The van der Waals surface area contributed by atoms with Gasteiger partial charge >= 0.3 is 5.69 Å². The Morgan fingerprint density at radius 3 is 2.61 bits per heavy atom. The summed E-state index contributed by atoms with van der Waals surface area (Å²) < 4.78 is 17.7. The first kappa shape index (κ1) is 25.1. The summed E-state index contributed by atoms with van der Waals surface area (Å²) in [6.45, 7) is 1.87. The fourth-order valence-corrected chi connectivity index (χ4v) is 4.76. The van der Waals surface area contributed by atoms with E-state index in [-0.39, 0.29) is 28.1 Å². The first-order chi connectivity index (χ1) is 18.4. The molecular weight excluding hydrogens is 507 g/mol. The molecule has 4 aromatic rings. The Morgan fingerprint density at radius 2 is 1.92 bits per heavy atom. The summed E-state index contributed by atoms with van der Waals surface area (Å²) >= 11 is 6.50. The van der Waals surface area contributed by atoms with Crippen LogP contribution in [0.5, 0.6) is 5.75 Å². The first-order valence-electron chi connectivity index (χ1n) is 11.8. The van der Waals surface area contributed by atoms with Crippen molar-refractivity contribution in [3.63, 3.8) is 0 Å². The van der Waals surface area contributed by atoms with Gasteiger partial charge in [-0.1, -0.05) is 23.6 Å². The maximum Gasteiger partial charge on any atom is 0.332 e. The molecule has 0 aliphatic carbocycles. The smallest absolute Gasteiger partial charge is 0.332 e. The highest BCUT2D eigenvalue weighted by molar-refractivity contribution is 6.32. The van der Waals surface area contributed by atoms with Crippen LogP contribution in [0.15, 0.2) is 65.8 Å². The number of nitriles is 1. The van der Waals surface area contributed by atoms with Gasteiger partial charge < -0.3 is 19.9 Å². The fraction of sp³-hybridized carbons (Fsp3) is 0.179. The van der Waals surface area contributed by atoms with Crippen LogP contribution in [0.3, 0.4) is 0 Å². The third-order valence-corrected chi connectivity index (χ3v) is 6.70. The van der Waals surface area contributed by atoms with Crippen molar-refractivity contribution in [2.45, 2.75) is 6.04 Å². The van der Waals surface area contributed by atoms with Crippen LogP contribution in [0.4, 0.5) is 10.2 Å². The Kier molecular flexibility index (Phi) is 6.89. The monoisotopic (exact) mass is 528 g/mol. The van der Waals surface area contributed by atoms with E-state index in [1.54, 1.807) is 56.0 Å². The highest BCUT2D eigenvalue weighted by atomic mass is 35.5. The molecule has 1 aliphatic heterocycles. The van der Waals surface area contributed by atoms with Crippen LogP contribution in [-0.4, -0.2) is 44.9 Å². The molecule has 1 unspecified atom stereocenters. The van der Waals surface area contributed by atoms with E-state index >= 15 is 0 Å². The number of imidazole rings is 1. The van der Waals surface area contributed by atoms with Crippen LogP contribution < -0.4 is 15.9 Å². The van der Waals surface area contributed by atoms with Crippen molar-refractivity contribution in [3.8, 4) is 51.6 Å². The molecule has 38 heavy (non-hydrogen) atoms. The van der Waals surface area contributed by atoms with Gasteiger partial charge in [0, 0.05) is 62.3 Å². The Balaban J connectivity index is 1.50. The standard InChI is InChI=1S/C28H22ClFN6O2/c1-34-11-12-36(28(34)38)25-5-4-18(13-24(25)29)22-15-20(30)16-23(27(22)37)19-6-8-33-26(14-19)35-10-9-32-21(17-35)3-2-7-31/h4-6,8,11-16,21,32,37H,9-10,17H2,1H3. The molecule has 1 fully saturated rings. The summed E-state index contributed by atoms with van der Waals surface area (Å²) in [6, 6.07) is 12.6. The maximum absolute atomic E-state index is 14.8. The molecule has 10 heteroatoms. The number of pyridine rings is 1. The minimum Gasteiger partial charge on any atom is -0.507 e. The van der Waals surface area contributed by atoms with Gasteiger partial charge in [-0.15, -0.1) is 0 Å². The van der Waals surface area contributed by atoms with Crippen LogP contribution in [-0.2, 0) is 7.05 Å². The molecule has 1 saturated heterocycles. The number of aromatic hydroxyl groups is 1. The first-order valence-corrected chi connectivity index (χ1v) is 12.1. The largest absolute Gasteiger partial charge is 0.507 e. The molecule has 5 rings (SSSR count). The Bertz CT molecular complexity index is 1690. The molecule has 190 valence electrons. The van der Waals surface area contributed by atoms with Gasteiger partial charge in [-0.2, -0.15) is 5.26 Å². The molecule has 1 atom stereocenters. The number of nitrogens with zero attached hydrogens (tertiary/aromatic N) is 5. The van der Waals surface area contributed by atoms with E-state index in [0.29, 0.717) is 47.8 Å². The quantitative estimate of drug-likeness (QED) is 0.392. The lowest BCUT2D eigenvalue weighted by atomic mass is 9.97. The van der Waals surface area contributed by atoms with E-state index < -0.39 is 5.82 Å². The minimum atomic E-state index is -0.528. The van der Waals surface area contributed by atoms with Crippen molar-refractivity contribution in [1.29, 1.82) is 5.26 Å². The van der Waals surface area contributed by atoms with Gasteiger partial charge in [0.2, 0.25) is 0 Å². The summed E-state index contributed by atoms with van der Waals surface area (Å²) in [7, 11) is 1.64. The topological polar surface area (TPSA) is 99.1 Å². The highest BCUT2D eigenvalue weighted by Crippen LogP contribution is 2.40. The second kappa shape index (κ2) is 10.4. The second-order valence-electron chi connectivity index (χ2n) is 8.81. The van der Waals surface area contributed by atoms with E-state index in [4.69, 9.17) is 16.9 Å². The number of phenols is 1. The van der Waals surface area contributed by atoms with Crippen LogP contribution in [0, 0.1) is 29.0 Å². The number of aryl methyl sites for hydroxylation is 1. The molecule has 0 bridgehead atoms. The number of piperazine rings is 1. The van der Waals surface area contributed by atoms with Crippen molar-refractivity contribution >= 4 is 17.4 Å². The minimum absolute atomic E-state index is 0.109. The van der Waals surface area contributed by atoms with Crippen molar-refractivity contribution in [2.24, 2.45) is 7.05 Å². The maximum atomic E-state index is 14.8. The van der Waals surface area contributed by atoms with Crippen molar-refractivity contribution < 1.29 is 9.50 Å². The van der Waals surface area contributed by atoms with Crippen molar-refractivity contribution in [1.82, 2.24) is 19.4 Å². The number of rotatable bonds is 4. The molecule has 2 aromatic heterocycles. The molecule has 0 saturated carbocycles. The molecule has 2 aromatic carbocycles. The molecule has 2 N–H and O–H groups in total. The zero-order valence-corrected chi connectivity index (χ0v) is 21.1. The van der Waals surface area contributed by atoms with Gasteiger partial charge in [-0.3, -0.25) is 4.57 Å². The number of phenolic OH excluding ortho intramolecular Hbond substituents is 1. The van der Waals surface area contributed by atoms with Gasteiger partial charge in [0.05, 0.1) is 16.8 Å². The Hall–Kier alpha value is -4.57. The molecule has 0 amide bonds. The average Bonchev–Trinajstić information content (AvgIpc) is 3.26. The molecule has 3 heterocycles. The third-order valence-electron chi connectivity index (χ3n) is 6.40. The molecule has 0 radical (unpaired) electrons. The lowest BCUT2D eigenvalue weighted by Crippen LogP contribution is -2.50. The van der Waals surface area contributed by atoms with Gasteiger partial charge in [0.25, 0.3) is 0 Å². The Morgan fingerprint density at radius 1 is 1.16 bits per heavy atom. The summed E-state index contributed by atoms with van der Waals surface area (Å²) in [5.74, 6) is 5.31. The number of hydrogen-bond donors (Lipinski definition) is 2. The molecule has 8 nitrogen and oxygen atoms in total. The average molecular weight is 529 g/mol. The number of aromatic nitrogens is 3. The fourth-order valence-electron chi connectivity index (χ4n) is 4.49. The summed E-state index contributed by atoms with van der Waals surface area (Å²) in [5.41, 5.74) is 1.88. The SMILES string of the molecule is Cn1ccn(-c2ccc(-c3cc(F)cc(-c4ccnc(N5CCNC(C#CC#N)C5)c4)c3O)cc2Cl)c1=O. The number of benzene rings is 2. The van der Waals surface area contributed by atoms with Crippen LogP contribution >= 0.6 is 11.6 Å². The Labute approximate surface area is 223 Å².